The summed E-state index contributed by atoms with van der Waals surface area (Å²) in [5, 5.41) is 3.27. The number of ether oxygens (including phenoxy) is 1. The minimum atomic E-state index is -0.343. The van der Waals surface area contributed by atoms with Gasteiger partial charge in [-0.15, -0.1) is 0 Å². The molecule has 0 bridgehead atoms. The van der Waals surface area contributed by atoms with E-state index in [1.165, 1.54) is 11.5 Å². The van der Waals surface area contributed by atoms with Crippen LogP contribution in [0.25, 0.3) is 11.4 Å². The van der Waals surface area contributed by atoms with Crippen LogP contribution in [0.1, 0.15) is 12.8 Å². The zero-order valence-corrected chi connectivity index (χ0v) is 11.0. The molecule has 0 unspecified atom stereocenters. The molecule has 3 rings (SSSR count). The van der Waals surface area contributed by atoms with E-state index in [4.69, 9.17) is 4.74 Å². The number of anilines is 1. The molecule has 0 spiro atoms. The molecule has 1 atom stereocenters. The van der Waals surface area contributed by atoms with Gasteiger partial charge in [0.05, 0.1) is 0 Å². The van der Waals surface area contributed by atoms with E-state index in [9.17, 15) is 4.79 Å². The van der Waals surface area contributed by atoms with Gasteiger partial charge in [-0.25, -0.2) is 0 Å². The second kappa shape index (κ2) is 5.46. The van der Waals surface area contributed by atoms with Crippen LogP contribution >= 0.6 is 11.5 Å². The van der Waals surface area contributed by atoms with Crippen LogP contribution in [0.4, 0.5) is 5.13 Å². The van der Waals surface area contributed by atoms with Gasteiger partial charge in [-0.3, -0.25) is 10.1 Å². The molecule has 1 amide bonds. The van der Waals surface area contributed by atoms with Gasteiger partial charge < -0.3 is 4.74 Å². The summed E-state index contributed by atoms with van der Waals surface area (Å²) < 4.78 is 9.56. The highest BCUT2D eigenvalue weighted by atomic mass is 32.1. The van der Waals surface area contributed by atoms with Crippen molar-refractivity contribution in [3.8, 4) is 11.4 Å². The van der Waals surface area contributed by atoms with Crippen LogP contribution in [-0.2, 0) is 9.53 Å². The molecule has 1 aromatic carbocycles. The van der Waals surface area contributed by atoms with Crippen LogP contribution in [0.5, 0.6) is 0 Å². The van der Waals surface area contributed by atoms with E-state index in [-0.39, 0.29) is 12.0 Å². The number of nitrogens with zero attached hydrogens (tertiary/aromatic N) is 2. The van der Waals surface area contributed by atoms with Crippen LogP contribution in [-0.4, -0.2) is 28.0 Å². The van der Waals surface area contributed by atoms with Crippen LogP contribution < -0.4 is 5.32 Å². The third kappa shape index (κ3) is 2.80. The Bertz CT molecular complexity index is 564. The normalized spacial score (nSPS) is 18.4. The number of benzene rings is 1. The summed E-state index contributed by atoms with van der Waals surface area (Å²) in [6.07, 6.45) is 1.36. The number of hydrogen-bond donors (Lipinski definition) is 1. The number of carbonyl (C=O) groups is 1. The number of rotatable bonds is 3. The van der Waals surface area contributed by atoms with Gasteiger partial charge in [-0.1, -0.05) is 30.3 Å². The molecule has 1 aliphatic heterocycles. The molecule has 0 saturated carbocycles. The first-order valence-electron chi connectivity index (χ1n) is 6.14. The third-order valence-corrected chi connectivity index (χ3v) is 3.54. The Balaban J connectivity index is 1.70. The van der Waals surface area contributed by atoms with E-state index < -0.39 is 0 Å². The minimum Gasteiger partial charge on any atom is -0.368 e. The van der Waals surface area contributed by atoms with Gasteiger partial charge in [0.15, 0.2) is 5.82 Å². The number of hydrogen-bond acceptors (Lipinski definition) is 5. The number of aromatic nitrogens is 2. The SMILES string of the molecule is O=C(Nc1nc(-c2ccccc2)ns1)[C@@H]1CCCO1. The molecule has 6 heteroatoms. The number of amides is 1. The molecule has 5 nitrogen and oxygen atoms in total. The van der Waals surface area contributed by atoms with Gasteiger partial charge in [-0.2, -0.15) is 9.36 Å². The first kappa shape index (κ1) is 12.3. The van der Waals surface area contributed by atoms with Crippen molar-refractivity contribution in [1.29, 1.82) is 0 Å². The highest BCUT2D eigenvalue weighted by molar-refractivity contribution is 7.10. The van der Waals surface area contributed by atoms with Crippen LogP contribution in [0.15, 0.2) is 30.3 Å². The largest absolute Gasteiger partial charge is 0.368 e. The fourth-order valence-electron chi connectivity index (χ4n) is 1.95. The topological polar surface area (TPSA) is 64.1 Å². The highest BCUT2D eigenvalue weighted by Gasteiger charge is 2.24. The lowest BCUT2D eigenvalue weighted by molar-refractivity contribution is -0.124. The van der Waals surface area contributed by atoms with Crippen molar-refractivity contribution < 1.29 is 9.53 Å². The summed E-state index contributed by atoms with van der Waals surface area (Å²) in [7, 11) is 0. The quantitative estimate of drug-likeness (QED) is 0.933. The molecular formula is C13H13N3O2S. The molecule has 0 aliphatic carbocycles. The number of nitrogens with one attached hydrogen (secondary N) is 1. The molecule has 19 heavy (non-hydrogen) atoms. The molecule has 2 aromatic rings. The molecule has 1 aromatic heterocycles. The van der Waals surface area contributed by atoms with Crippen LogP contribution in [0.3, 0.4) is 0 Å². The monoisotopic (exact) mass is 275 g/mol. The molecule has 0 radical (unpaired) electrons. The summed E-state index contributed by atoms with van der Waals surface area (Å²) >= 11 is 1.18. The van der Waals surface area contributed by atoms with Crippen LogP contribution in [0, 0.1) is 0 Å². The second-order valence-corrected chi connectivity index (χ2v) is 5.03. The van der Waals surface area contributed by atoms with Crippen molar-refractivity contribution >= 4 is 22.6 Å². The van der Waals surface area contributed by atoms with E-state index in [0.29, 0.717) is 17.6 Å². The first-order valence-corrected chi connectivity index (χ1v) is 6.92. The smallest absolute Gasteiger partial charge is 0.255 e. The predicted molar refractivity (Wildman–Crippen MR) is 72.9 cm³/mol. The van der Waals surface area contributed by atoms with Gasteiger partial charge in [0.25, 0.3) is 5.91 Å². The molecule has 2 heterocycles. The van der Waals surface area contributed by atoms with Crippen molar-refractivity contribution in [2.45, 2.75) is 18.9 Å². The fraction of sp³-hybridized carbons (Fsp3) is 0.308. The van der Waals surface area contributed by atoms with Crippen molar-refractivity contribution in [3.63, 3.8) is 0 Å². The Hall–Kier alpha value is -1.79. The lowest BCUT2D eigenvalue weighted by Gasteiger charge is -2.07. The molecule has 1 N–H and O–H groups in total. The Morgan fingerprint density at radius 2 is 2.21 bits per heavy atom. The van der Waals surface area contributed by atoms with Crippen molar-refractivity contribution in [2.24, 2.45) is 0 Å². The molecule has 98 valence electrons. The zero-order chi connectivity index (χ0) is 13.1. The van der Waals surface area contributed by atoms with Gasteiger partial charge in [-0.05, 0) is 12.8 Å². The summed E-state index contributed by atoms with van der Waals surface area (Å²) in [5.41, 5.74) is 0.941. The maximum Gasteiger partial charge on any atom is 0.255 e. The average Bonchev–Trinajstić information content (AvgIpc) is 3.11. The molecule has 1 fully saturated rings. The van der Waals surface area contributed by atoms with Gasteiger partial charge in [0.2, 0.25) is 5.13 Å². The Kier molecular flexibility index (Phi) is 3.52. The van der Waals surface area contributed by atoms with E-state index in [1.807, 2.05) is 30.3 Å². The standard InChI is InChI=1S/C13H13N3O2S/c17-12(10-7-4-8-18-10)15-13-14-11(16-19-13)9-5-2-1-3-6-9/h1-3,5-6,10H,4,7-8H2,(H,14,15,16,17)/t10-/m0/s1. The lowest BCUT2D eigenvalue weighted by atomic mass is 10.2. The summed E-state index contributed by atoms with van der Waals surface area (Å²) in [6.45, 7) is 0.656. The maximum absolute atomic E-state index is 11.9. The van der Waals surface area contributed by atoms with Crippen molar-refractivity contribution in [3.05, 3.63) is 30.3 Å². The minimum absolute atomic E-state index is 0.131. The summed E-state index contributed by atoms with van der Waals surface area (Å²) in [5.74, 6) is 0.501. The lowest BCUT2D eigenvalue weighted by Crippen LogP contribution is -2.26. The predicted octanol–water partition coefficient (Wildman–Crippen LogP) is 2.32. The fourth-order valence-corrected chi connectivity index (χ4v) is 2.54. The zero-order valence-electron chi connectivity index (χ0n) is 10.2. The highest BCUT2D eigenvalue weighted by Crippen LogP contribution is 2.21. The van der Waals surface area contributed by atoms with Crippen LogP contribution in [0.2, 0.25) is 0 Å². The van der Waals surface area contributed by atoms with Gasteiger partial charge >= 0.3 is 0 Å². The summed E-state index contributed by atoms with van der Waals surface area (Å²) in [4.78, 5) is 16.2. The molecule has 1 aliphatic rings. The van der Waals surface area contributed by atoms with Gasteiger partial charge in [0.1, 0.15) is 6.10 Å². The maximum atomic E-state index is 11.9. The average molecular weight is 275 g/mol. The van der Waals surface area contributed by atoms with Gasteiger partial charge in [0, 0.05) is 23.7 Å². The van der Waals surface area contributed by atoms with Crippen molar-refractivity contribution in [2.75, 3.05) is 11.9 Å². The molecular weight excluding hydrogens is 262 g/mol. The Labute approximate surface area is 114 Å². The second-order valence-electron chi connectivity index (χ2n) is 4.28. The van der Waals surface area contributed by atoms with E-state index in [2.05, 4.69) is 14.7 Å². The third-order valence-electron chi connectivity index (χ3n) is 2.91. The Morgan fingerprint density at radius 3 is 2.95 bits per heavy atom. The molecule has 1 saturated heterocycles. The first-order chi connectivity index (χ1) is 9.33. The van der Waals surface area contributed by atoms with Crippen molar-refractivity contribution in [1.82, 2.24) is 9.36 Å². The van der Waals surface area contributed by atoms with E-state index >= 15 is 0 Å². The van der Waals surface area contributed by atoms with E-state index in [0.717, 1.165) is 18.4 Å². The summed E-state index contributed by atoms with van der Waals surface area (Å²) in [6, 6.07) is 9.68. The number of carbonyl (C=O) groups excluding carboxylic acids is 1. The Morgan fingerprint density at radius 1 is 1.37 bits per heavy atom. The van der Waals surface area contributed by atoms with E-state index in [1.54, 1.807) is 0 Å².